The minimum Gasteiger partial charge on any atom is -0.508 e. The summed E-state index contributed by atoms with van der Waals surface area (Å²) in [5.74, 6) is 2.27. The van der Waals surface area contributed by atoms with Gasteiger partial charge in [0.15, 0.2) is 5.75 Å². The maximum Gasteiger partial charge on any atom is 0.225 e. The molecule has 12 nitrogen and oxygen atoms in total. The Hall–Kier alpha value is -3.39. The van der Waals surface area contributed by atoms with Crippen molar-refractivity contribution in [3.05, 3.63) is 53.3 Å². The van der Waals surface area contributed by atoms with E-state index in [1.807, 2.05) is 18.9 Å². The summed E-state index contributed by atoms with van der Waals surface area (Å²) in [4.78, 5) is 28.9. The summed E-state index contributed by atoms with van der Waals surface area (Å²) in [6.07, 6.45) is 6.34. The van der Waals surface area contributed by atoms with Crippen molar-refractivity contribution in [2.24, 2.45) is 17.4 Å². The van der Waals surface area contributed by atoms with Crippen molar-refractivity contribution in [1.82, 2.24) is 24.8 Å². The van der Waals surface area contributed by atoms with Gasteiger partial charge in [-0.15, -0.1) is 0 Å². The Labute approximate surface area is 271 Å². The number of ether oxygens (including phenoxy) is 1. The second-order valence-electron chi connectivity index (χ2n) is 11.1. The molecule has 6 N–H and O–H groups in total. The highest BCUT2D eigenvalue weighted by Gasteiger charge is 2.23. The van der Waals surface area contributed by atoms with Crippen LogP contribution in [0.4, 0.5) is 5.95 Å². The number of aliphatic hydroxyl groups excluding tert-OH is 1. The van der Waals surface area contributed by atoms with Gasteiger partial charge in [0.25, 0.3) is 0 Å². The Kier molecular flexibility index (Phi) is 14.9. The van der Waals surface area contributed by atoms with Crippen molar-refractivity contribution in [2.45, 2.75) is 38.8 Å². The summed E-state index contributed by atoms with van der Waals surface area (Å²) < 4.78 is 6.17. The van der Waals surface area contributed by atoms with Gasteiger partial charge in [0.2, 0.25) is 11.8 Å². The third kappa shape index (κ3) is 10.6. The van der Waals surface area contributed by atoms with Crippen LogP contribution in [0.1, 0.15) is 31.7 Å². The third-order valence-electron chi connectivity index (χ3n) is 8.09. The fraction of sp³-hybridized carbons (Fsp3) is 0.500. The van der Waals surface area contributed by atoms with Crippen LogP contribution in [-0.4, -0.2) is 107 Å². The molecule has 2 aliphatic rings. The number of nitrogens with zero attached hydrogens (tertiary/aromatic N) is 6. The summed E-state index contributed by atoms with van der Waals surface area (Å²) in [7, 11) is 1.50. The number of carbonyl (C=O) groups is 1. The molecule has 2 aromatic heterocycles. The molecule has 0 amide bonds. The molecule has 1 atom stereocenters. The smallest absolute Gasteiger partial charge is 0.225 e. The summed E-state index contributed by atoms with van der Waals surface area (Å²) in [6.45, 7) is 11.3. The lowest BCUT2D eigenvalue weighted by atomic mass is 9.97. The Balaban J connectivity index is 0.00000133. The van der Waals surface area contributed by atoms with Crippen LogP contribution in [-0.2, 0) is 11.3 Å². The van der Waals surface area contributed by atoms with E-state index >= 15 is 0 Å². The van der Waals surface area contributed by atoms with Crippen LogP contribution in [0.3, 0.4) is 0 Å². The lowest BCUT2D eigenvalue weighted by Gasteiger charge is -2.37. The number of aromatic nitrogens is 3. The van der Waals surface area contributed by atoms with Gasteiger partial charge in [0.05, 0.1) is 18.1 Å². The van der Waals surface area contributed by atoms with Gasteiger partial charge in [0.1, 0.15) is 12.5 Å². The highest BCUT2D eigenvalue weighted by Crippen LogP contribution is 2.31. The number of carbonyl (C=O) groups excluding carboxylic acids is 1. The number of piperazine rings is 1. The van der Waals surface area contributed by atoms with Crippen LogP contribution in [0.5, 0.6) is 17.4 Å². The van der Waals surface area contributed by atoms with Crippen molar-refractivity contribution in [2.75, 3.05) is 64.4 Å². The van der Waals surface area contributed by atoms with E-state index in [4.69, 9.17) is 31.8 Å². The number of rotatable bonds is 10. The number of halogens is 1. The number of pyridine rings is 1. The molecule has 0 saturated carbocycles. The summed E-state index contributed by atoms with van der Waals surface area (Å²) >= 11 is 6.24. The number of benzene rings is 1. The first-order valence-corrected chi connectivity index (χ1v) is 15.7. The molecule has 4 heterocycles. The van der Waals surface area contributed by atoms with Crippen molar-refractivity contribution < 1.29 is 19.7 Å². The minimum atomic E-state index is 0.0821. The predicted molar refractivity (Wildman–Crippen MR) is 178 cm³/mol. The molecule has 0 radical (unpaired) electrons. The average Bonchev–Trinajstić information content (AvgIpc) is 3.07. The first-order valence-electron chi connectivity index (χ1n) is 15.3. The van der Waals surface area contributed by atoms with Crippen LogP contribution in [0, 0.1) is 5.92 Å². The molecule has 1 aromatic carbocycles. The average molecular weight is 643 g/mol. The van der Waals surface area contributed by atoms with Crippen LogP contribution >= 0.6 is 11.6 Å². The van der Waals surface area contributed by atoms with E-state index in [0.717, 1.165) is 77.2 Å². The molecule has 246 valence electrons. The van der Waals surface area contributed by atoms with Gasteiger partial charge in [-0.25, -0.2) is 15.0 Å². The molecule has 0 bridgehead atoms. The topological polar surface area (TPSA) is 167 Å². The number of phenolic OH excluding ortho intramolecular Hbond substituents is 1. The number of piperidine rings is 1. The van der Waals surface area contributed by atoms with E-state index in [2.05, 4.69) is 37.3 Å². The number of anilines is 1. The number of hydrogen-bond acceptors (Lipinski definition) is 12. The minimum absolute atomic E-state index is 0.0821. The molecule has 0 spiro atoms. The van der Waals surface area contributed by atoms with Crippen LogP contribution < -0.4 is 21.1 Å². The fourth-order valence-corrected chi connectivity index (χ4v) is 5.82. The summed E-state index contributed by atoms with van der Waals surface area (Å²) in [5, 5.41) is 19.8. The van der Waals surface area contributed by atoms with Crippen molar-refractivity contribution in [1.29, 1.82) is 0 Å². The zero-order valence-corrected chi connectivity index (χ0v) is 27.1. The van der Waals surface area contributed by atoms with Crippen LogP contribution in [0.2, 0.25) is 5.02 Å². The molecule has 0 aliphatic carbocycles. The second-order valence-corrected chi connectivity index (χ2v) is 11.5. The van der Waals surface area contributed by atoms with Crippen LogP contribution in [0.15, 0.2) is 42.7 Å². The standard InChI is InChI=1S/C30H40ClN7O3.CH5N.CH2O/c1-21(4-11-39)37-7-9-38(10-8-37)30-33-18-27(19-34-30)41-29-13-23(20-36-5-2-22(17-32)3-6-36)12-28(35-29)24-14-25(31)16-26(40)15-24;2*1-2/h12-16,18-19,21-22,39-40H,2-11,17,20,32H2,1H3;2H2,1H3;1H2. The van der Waals surface area contributed by atoms with Gasteiger partial charge in [-0.05, 0) is 88.6 Å². The molecule has 45 heavy (non-hydrogen) atoms. The molecule has 3 aromatic rings. The molecular formula is C32H47ClN8O4. The van der Waals surface area contributed by atoms with Gasteiger partial charge in [-0.1, -0.05) is 11.6 Å². The molecule has 5 rings (SSSR count). The highest BCUT2D eigenvalue weighted by molar-refractivity contribution is 6.31. The predicted octanol–water partition coefficient (Wildman–Crippen LogP) is 3.14. The summed E-state index contributed by atoms with van der Waals surface area (Å²) in [6, 6.07) is 9.27. The number of nitrogens with two attached hydrogens (primary N) is 2. The number of aliphatic hydroxyl groups is 1. The number of aromatic hydroxyl groups is 1. The van der Waals surface area contributed by atoms with E-state index in [-0.39, 0.29) is 12.4 Å². The van der Waals surface area contributed by atoms with E-state index in [9.17, 15) is 10.2 Å². The maximum absolute atomic E-state index is 10.1. The Bertz CT molecular complexity index is 1280. The van der Waals surface area contributed by atoms with Gasteiger partial charge in [-0.2, -0.15) is 0 Å². The second kappa shape index (κ2) is 18.5. The van der Waals surface area contributed by atoms with Gasteiger partial charge >= 0.3 is 0 Å². The van der Waals surface area contributed by atoms with Crippen molar-refractivity contribution >= 4 is 24.3 Å². The normalized spacial score (nSPS) is 16.6. The zero-order chi connectivity index (χ0) is 32.8. The largest absolute Gasteiger partial charge is 0.508 e. The van der Waals surface area contributed by atoms with Crippen molar-refractivity contribution in [3.8, 4) is 28.6 Å². The number of phenols is 1. The molecule has 2 aliphatic heterocycles. The lowest BCUT2D eigenvalue weighted by Crippen LogP contribution is -2.50. The Morgan fingerprint density at radius 3 is 2.29 bits per heavy atom. The van der Waals surface area contributed by atoms with Gasteiger partial charge in [-0.3, -0.25) is 9.80 Å². The van der Waals surface area contributed by atoms with Crippen LogP contribution in [0.25, 0.3) is 11.3 Å². The zero-order valence-electron chi connectivity index (χ0n) is 26.3. The van der Waals surface area contributed by atoms with Gasteiger partial charge in [0, 0.05) is 62.0 Å². The quantitative estimate of drug-likeness (QED) is 0.255. The maximum atomic E-state index is 10.1. The number of hydrogen-bond donors (Lipinski definition) is 4. The van der Waals surface area contributed by atoms with E-state index in [0.29, 0.717) is 45.8 Å². The molecular weight excluding hydrogens is 596 g/mol. The highest BCUT2D eigenvalue weighted by atomic mass is 35.5. The van der Waals surface area contributed by atoms with E-state index in [1.54, 1.807) is 24.5 Å². The summed E-state index contributed by atoms with van der Waals surface area (Å²) in [5.41, 5.74) is 12.8. The molecule has 1 unspecified atom stereocenters. The SMILES string of the molecule is C=O.CC(CCO)N1CCN(c2ncc(Oc3cc(CN4CCC(CN)CC4)cc(-c4cc(O)cc(Cl)c4)n3)cn2)CC1.CN. The van der Waals surface area contributed by atoms with Gasteiger partial charge < -0.3 is 36.1 Å². The fourth-order valence-electron chi connectivity index (χ4n) is 5.59. The third-order valence-corrected chi connectivity index (χ3v) is 8.31. The molecule has 2 saturated heterocycles. The Morgan fingerprint density at radius 1 is 1.02 bits per heavy atom. The lowest BCUT2D eigenvalue weighted by molar-refractivity contribution is -0.0980. The monoisotopic (exact) mass is 642 g/mol. The number of likely N-dealkylation sites (tertiary alicyclic amines) is 1. The molecule has 2 fully saturated rings. The first-order chi connectivity index (χ1) is 21.9. The van der Waals surface area contributed by atoms with Crippen molar-refractivity contribution in [3.63, 3.8) is 0 Å². The molecule has 13 heteroatoms. The Morgan fingerprint density at radius 2 is 1.69 bits per heavy atom. The first kappa shape index (κ1) is 36.1. The van der Waals surface area contributed by atoms with E-state index in [1.165, 1.54) is 13.1 Å². The van der Waals surface area contributed by atoms with E-state index < -0.39 is 0 Å².